The molecule has 1 aliphatic carbocycles. The van der Waals surface area contributed by atoms with Gasteiger partial charge in [0.2, 0.25) is 10.0 Å². The van der Waals surface area contributed by atoms with Gasteiger partial charge in [0.05, 0.1) is 17.6 Å². The van der Waals surface area contributed by atoms with Crippen LogP contribution in [0.15, 0.2) is 53.4 Å². The fourth-order valence-electron chi connectivity index (χ4n) is 3.73. The second-order valence-corrected chi connectivity index (χ2v) is 8.71. The molecule has 1 fully saturated rings. The average Bonchev–Trinajstić information content (AvgIpc) is 2.68. The molecule has 2 aromatic carbocycles. The van der Waals surface area contributed by atoms with Crippen LogP contribution in [0, 0.1) is 0 Å². The van der Waals surface area contributed by atoms with Crippen LogP contribution in [-0.4, -0.2) is 32.4 Å². The Bertz CT molecular complexity index is 848. The van der Waals surface area contributed by atoms with Gasteiger partial charge in [-0.2, -0.15) is 4.31 Å². The Labute approximate surface area is 149 Å². The van der Waals surface area contributed by atoms with Gasteiger partial charge in [0.1, 0.15) is 0 Å². The fraction of sp³-hybridized carbons (Fsp3) is 0.400. The zero-order valence-corrected chi connectivity index (χ0v) is 15.0. The largest absolute Gasteiger partial charge is 0.371 e. The third kappa shape index (κ3) is 3.36. The van der Waals surface area contributed by atoms with E-state index in [4.69, 9.17) is 4.74 Å². The lowest BCUT2D eigenvalue weighted by Gasteiger charge is -2.32. The number of aryl methyl sites for hydroxylation is 2. The van der Waals surface area contributed by atoms with Crippen LogP contribution in [-0.2, 0) is 27.6 Å². The summed E-state index contributed by atoms with van der Waals surface area (Å²) in [4.78, 5) is 0.418. The molecule has 0 aromatic heterocycles. The quantitative estimate of drug-likeness (QED) is 0.846. The molecule has 1 unspecified atom stereocenters. The van der Waals surface area contributed by atoms with Gasteiger partial charge < -0.3 is 4.74 Å². The Morgan fingerprint density at radius 2 is 1.72 bits per heavy atom. The number of nitrogens with zero attached hydrogens (tertiary/aromatic N) is 1. The first-order chi connectivity index (χ1) is 12.1. The summed E-state index contributed by atoms with van der Waals surface area (Å²) < 4.78 is 33.6. The van der Waals surface area contributed by atoms with E-state index in [9.17, 15) is 8.42 Å². The second-order valence-electron chi connectivity index (χ2n) is 6.77. The van der Waals surface area contributed by atoms with Crippen molar-refractivity contribution in [2.75, 3.05) is 19.7 Å². The third-order valence-corrected chi connectivity index (χ3v) is 7.02. The molecule has 1 heterocycles. The maximum atomic E-state index is 13.1. The summed E-state index contributed by atoms with van der Waals surface area (Å²) in [6.07, 6.45) is 4.17. The van der Waals surface area contributed by atoms with Crippen LogP contribution >= 0.6 is 0 Å². The van der Waals surface area contributed by atoms with E-state index in [2.05, 4.69) is 0 Å². The Morgan fingerprint density at radius 1 is 0.960 bits per heavy atom. The van der Waals surface area contributed by atoms with E-state index < -0.39 is 10.0 Å². The Morgan fingerprint density at radius 3 is 2.52 bits per heavy atom. The first-order valence-corrected chi connectivity index (χ1v) is 10.4. The second kappa shape index (κ2) is 6.90. The number of benzene rings is 2. The molecule has 4 nitrogen and oxygen atoms in total. The van der Waals surface area contributed by atoms with Crippen molar-refractivity contribution in [2.45, 2.75) is 36.7 Å². The number of hydrogen-bond acceptors (Lipinski definition) is 3. The van der Waals surface area contributed by atoms with Crippen molar-refractivity contribution in [3.05, 3.63) is 65.2 Å². The molecule has 1 aliphatic heterocycles. The van der Waals surface area contributed by atoms with Gasteiger partial charge >= 0.3 is 0 Å². The standard InChI is InChI=1S/C20H23NO3S/c22-25(23,19-11-10-16-6-4-5-9-18(16)14-19)21-12-13-24-20(15-21)17-7-2-1-3-8-17/h1-3,7-8,10-11,14,20H,4-6,9,12-13,15H2. The summed E-state index contributed by atoms with van der Waals surface area (Å²) in [7, 11) is -3.48. The Hall–Kier alpha value is -1.69. The topological polar surface area (TPSA) is 46.6 Å². The average molecular weight is 357 g/mol. The summed E-state index contributed by atoms with van der Waals surface area (Å²) in [5.41, 5.74) is 3.52. The first kappa shape index (κ1) is 16.8. The predicted octanol–water partition coefficient (Wildman–Crippen LogP) is 3.33. The van der Waals surface area contributed by atoms with Crippen molar-refractivity contribution in [3.63, 3.8) is 0 Å². The predicted molar refractivity (Wildman–Crippen MR) is 97.0 cm³/mol. The zero-order valence-electron chi connectivity index (χ0n) is 14.2. The van der Waals surface area contributed by atoms with Crippen LogP contribution in [0.1, 0.15) is 35.6 Å². The molecule has 132 valence electrons. The molecule has 0 saturated carbocycles. The molecule has 1 atom stereocenters. The van der Waals surface area contributed by atoms with Crippen LogP contribution in [0.2, 0.25) is 0 Å². The fourth-order valence-corrected chi connectivity index (χ4v) is 5.21. The molecular weight excluding hydrogens is 334 g/mol. The molecule has 4 rings (SSSR count). The number of ether oxygens (including phenoxy) is 1. The van der Waals surface area contributed by atoms with Crippen molar-refractivity contribution >= 4 is 10.0 Å². The molecule has 2 aromatic rings. The maximum Gasteiger partial charge on any atom is 0.243 e. The van der Waals surface area contributed by atoms with Crippen LogP contribution in [0.5, 0.6) is 0 Å². The van der Waals surface area contributed by atoms with Crippen LogP contribution in [0.25, 0.3) is 0 Å². The summed E-state index contributed by atoms with van der Waals surface area (Å²) in [6, 6.07) is 15.5. The van der Waals surface area contributed by atoms with Gasteiger partial charge in [-0.1, -0.05) is 36.4 Å². The van der Waals surface area contributed by atoms with Gasteiger partial charge in [-0.15, -0.1) is 0 Å². The van der Waals surface area contributed by atoms with Gasteiger partial charge in [-0.05, 0) is 54.5 Å². The lowest BCUT2D eigenvalue weighted by molar-refractivity contribution is -0.00255. The summed E-state index contributed by atoms with van der Waals surface area (Å²) in [5, 5.41) is 0. The first-order valence-electron chi connectivity index (χ1n) is 8.93. The zero-order chi connectivity index (χ0) is 17.3. The monoisotopic (exact) mass is 357 g/mol. The van der Waals surface area contributed by atoms with Crippen molar-refractivity contribution in [1.82, 2.24) is 4.31 Å². The van der Waals surface area contributed by atoms with Crippen molar-refractivity contribution in [1.29, 1.82) is 0 Å². The molecular formula is C20H23NO3S. The normalized spacial score (nSPS) is 21.7. The van der Waals surface area contributed by atoms with E-state index in [1.54, 1.807) is 10.4 Å². The minimum absolute atomic E-state index is 0.206. The van der Waals surface area contributed by atoms with Crippen molar-refractivity contribution < 1.29 is 13.2 Å². The number of rotatable bonds is 3. The highest BCUT2D eigenvalue weighted by Crippen LogP contribution is 2.29. The SMILES string of the molecule is O=S(=O)(c1ccc2c(c1)CCCC2)N1CCOC(c2ccccc2)C1. The van der Waals surface area contributed by atoms with Crippen LogP contribution < -0.4 is 0 Å². The van der Waals surface area contributed by atoms with E-state index in [-0.39, 0.29) is 6.10 Å². The molecule has 5 heteroatoms. The van der Waals surface area contributed by atoms with Gasteiger partial charge in [0.15, 0.2) is 0 Å². The number of fused-ring (bicyclic) bond motifs is 1. The molecule has 1 saturated heterocycles. The molecule has 25 heavy (non-hydrogen) atoms. The van der Waals surface area contributed by atoms with E-state index >= 15 is 0 Å². The Balaban J connectivity index is 1.59. The molecule has 0 amide bonds. The Kier molecular flexibility index (Phi) is 4.63. The summed E-state index contributed by atoms with van der Waals surface area (Å²) in [6.45, 7) is 1.19. The molecule has 0 N–H and O–H groups in total. The van der Waals surface area contributed by atoms with E-state index in [0.717, 1.165) is 24.8 Å². The highest BCUT2D eigenvalue weighted by atomic mass is 32.2. The van der Waals surface area contributed by atoms with Gasteiger partial charge in [-0.3, -0.25) is 0 Å². The van der Waals surface area contributed by atoms with Gasteiger partial charge in [0.25, 0.3) is 0 Å². The number of hydrogen-bond donors (Lipinski definition) is 0. The number of sulfonamides is 1. The van der Waals surface area contributed by atoms with Crippen molar-refractivity contribution in [2.24, 2.45) is 0 Å². The summed E-state index contributed by atoms with van der Waals surface area (Å²) >= 11 is 0. The molecule has 0 spiro atoms. The molecule has 2 aliphatic rings. The lowest BCUT2D eigenvalue weighted by atomic mass is 9.92. The van der Waals surface area contributed by atoms with E-state index in [1.165, 1.54) is 17.5 Å². The van der Waals surface area contributed by atoms with Crippen LogP contribution in [0.3, 0.4) is 0 Å². The van der Waals surface area contributed by atoms with Crippen LogP contribution in [0.4, 0.5) is 0 Å². The van der Waals surface area contributed by atoms with Gasteiger partial charge in [0, 0.05) is 13.1 Å². The molecule has 0 radical (unpaired) electrons. The number of morpholine rings is 1. The smallest absolute Gasteiger partial charge is 0.243 e. The van der Waals surface area contributed by atoms with E-state index in [0.29, 0.717) is 24.6 Å². The summed E-state index contributed by atoms with van der Waals surface area (Å²) in [5.74, 6) is 0. The molecule has 0 bridgehead atoms. The van der Waals surface area contributed by atoms with Gasteiger partial charge in [-0.25, -0.2) is 8.42 Å². The van der Waals surface area contributed by atoms with Crippen molar-refractivity contribution in [3.8, 4) is 0 Å². The maximum absolute atomic E-state index is 13.1. The lowest BCUT2D eigenvalue weighted by Crippen LogP contribution is -2.42. The highest BCUT2D eigenvalue weighted by molar-refractivity contribution is 7.89. The van der Waals surface area contributed by atoms with E-state index in [1.807, 2.05) is 42.5 Å². The third-order valence-electron chi connectivity index (χ3n) is 5.16. The highest BCUT2D eigenvalue weighted by Gasteiger charge is 2.32. The minimum atomic E-state index is -3.48. The minimum Gasteiger partial charge on any atom is -0.371 e.